The Balaban J connectivity index is 1.56. The van der Waals surface area contributed by atoms with Gasteiger partial charge in [0.25, 0.3) is 5.69 Å². The summed E-state index contributed by atoms with van der Waals surface area (Å²) in [6.45, 7) is 3.23. The largest absolute Gasteiger partial charge is 0.379 e. The molecule has 3 rings (SSSR count). The van der Waals surface area contributed by atoms with Crippen LogP contribution in [0.25, 0.3) is 0 Å². The quantitative estimate of drug-likeness (QED) is 0.506. The number of rotatable bonds is 7. The van der Waals surface area contributed by atoms with E-state index < -0.39 is 14.9 Å². The molecule has 1 saturated heterocycles. The van der Waals surface area contributed by atoms with Crippen molar-refractivity contribution in [3.05, 3.63) is 63.2 Å². The minimum atomic E-state index is -3.99. The molecule has 0 radical (unpaired) electrons. The fourth-order valence-corrected chi connectivity index (χ4v) is 4.19. The van der Waals surface area contributed by atoms with Crippen molar-refractivity contribution in [2.75, 3.05) is 25.0 Å². The molecule has 10 heteroatoms. The lowest BCUT2D eigenvalue weighted by Gasteiger charge is -2.32. The molecule has 1 fully saturated rings. The van der Waals surface area contributed by atoms with Crippen LogP contribution in [0.3, 0.4) is 0 Å². The van der Waals surface area contributed by atoms with Gasteiger partial charge in [0.1, 0.15) is 5.69 Å². The van der Waals surface area contributed by atoms with Crippen molar-refractivity contribution in [3.8, 4) is 0 Å². The molecule has 0 atom stereocenters. The first-order valence-electron chi connectivity index (χ1n) is 9.25. The number of hydrogen-bond donors (Lipinski definition) is 2. The molecule has 0 aliphatic carbocycles. The van der Waals surface area contributed by atoms with Gasteiger partial charge in [0.05, 0.1) is 9.82 Å². The number of piperidine rings is 1. The van der Waals surface area contributed by atoms with E-state index in [9.17, 15) is 18.5 Å². The minimum absolute atomic E-state index is 0.275. The zero-order valence-corrected chi connectivity index (χ0v) is 17.3. The molecular weight excluding hydrogens is 416 g/mol. The van der Waals surface area contributed by atoms with E-state index in [-0.39, 0.29) is 10.6 Å². The Bertz CT molecular complexity index is 991. The maximum atomic E-state index is 11.4. The summed E-state index contributed by atoms with van der Waals surface area (Å²) in [7, 11) is -3.99. The Hall–Kier alpha value is -2.20. The number of nitro benzene ring substituents is 1. The number of benzene rings is 2. The van der Waals surface area contributed by atoms with Gasteiger partial charge in [-0.05, 0) is 55.6 Å². The van der Waals surface area contributed by atoms with Crippen LogP contribution in [-0.2, 0) is 16.6 Å². The lowest BCUT2D eigenvalue weighted by molar-refractivity contribution is -0.384. The van der Waals surface area contributed by atoms with Gasteiger partial charge in [-0.3, -0.25) is 15.0 Å². The van der Waals surface area contributed by atoms with Crippen LogP contribution in [0.1, 0.15) is 18.4 Å². The molecule has 1 heterocycles. The highest BCUT2D eigenvalue weighted by Gasteiger charge is 2.22. The van der Waals surface area contributed by atoms with Crippen molar-refractivity contribution < 1.29 is 13.3 Å². The number of nitrogens with two attached hydrogens (primary N) is 1. The molecule has 3 N–H and O–H groups in total. The first kappa shape index (κ1) is 21.5. The smallest absolute Gasteiger partial charge is 0.293 e. The van der Waals surface area contributed by atoms with Crippen LogP contribution in [0, 0.1) is 16.0 Å². The molecule has 0 bridgehead atoms. The molecular formula is C19H23ClN4O4S. The first-order valence-corrected chi connectivity index (χ1v) is 11.2. The number of hydrogen-bond acceptors (Lipinski definition) is 6. The summed E-state index contributed by atoms with van der Waals surface area (Å²) in [4.78, 5) is 12.8. The molecule has 0 spiro atoms. The number of primary sulfonamides is 1. The fraction of sp³-hybridized carbons (Fsp3) is 0.368. The van der Waals surface area contributed by atoms with E-state index in [4.69, 9.17) is 16.7 Å². The SMILES string of the molecule is NS(=O)(=O)c1ccc(NCC2CCN(Cc3ccccc3Cl)CC2)c([N+](=O)[O-])c1. The van der Waals surface area contributed by atoms with Gasteiger partial charge in [-0.1, -0.05) is 29.8 Å². The second-order valence-corrected chi connectivity index (χ2v) is 9.14. The number of halogens is 1. The van der Waals surface area contributed by atoms with Crippen molar-refractivity contribution in [1.29, 1.82) is 0 Å². The summed E-state index contributed by atoms with van der Waals surface area (Å²) in [6, 6.07) is 11.5. The molecule has 2 aromatic rings. The van der Waals surface area contributed by atoms with Crippen molar-refractivity contribution in [2.45, 2.75) is 24.3 Å². The number of nitrogens with zero attached hydrogens (tertiary/aromatic N) is 2. The normalized spacial score (nSPS) is 15.9. The summed E-state index contributed by atoms with van der Waals surface area (Å²) in [5.41, 5.74) is 1.10. The van der Waals surface area contributed by atoms with Crippen LogP contribution >= 0.6 is 11.6 Å². The standard InChI is InChI=1S/C19H23ClN4O4S/c20-17-4-2-1-3-15(17)13-23-9-7-14(8-10-23)12-22-18-6-5-16(29(21,27)28)11-19(18)24(25)26/h1-6,11,14,22H,7-10,12-13H2,(H2,21,27,28). The highest BCUT2D eigenvalue weighted by atomic mass is 35.5. The highest BCUT2D eigenvalue weighted by molar-refractivity contribution is 7.89. The van der Waals surface area contributed by atoms with Gasteiger partial charge < -0.3 is 5.32 Å². The molecule has 1 aliphatic rings. The third-order valence-corrected chi connectivity index (χ3v) is 6.41. The summed E-state index contributed by atoms with van der Waals surface area (Å²) < 4.78 is 22.9. The molecule has 29 heavy (non-hydrogen) atoms. The van der Waals surface area contributed by atoms with Crippen LogP contribution in [0.4, 0.5) is 11.4 Å². The van der Waals surface area contributed by atoms with Gasteiger partial charge in [0, 0.05) is 24.2 Å². The third kappa shape index (κ3) is 5.66. The van der Waals surface area contributed by atoms with Crippen LogP contribution in [0.2, 0.25) is 5.02 Å². The van der Waals surface area contributed by atoms with Crippen molar-refractivity contribution >= 4 is 33.0 Å². The van der Waals surface area contributed by atoms with Gasteiger partial charge in [-0.25, -0.2) is 13.6 Å². The van der Waals surface area contributed by atoms with E-state index in [1.165, 1.54) is 12.1 Å². The van der Waals surface area contributed by atoms with Gasteiger partial charge in [-0.2, -0.15) is 0 Å². The van der Waals surface area contributed by atoms with Gasteiger partial charge in [0.2, 0.25) is 10.0 Å². The first-order chi connectivity index (χ1) is 13.7. The Morgan fingerprint density at radius 2 is 1.90 bits per heavy atom. The van der Waals surface area contributed by atoms with E-state index in [2.05, 4.69) is 10.2 Å². The average Bonchev–Trinajstić information content (AvgIpc) is 2.68. The molecule has 156 valence electrons. The minimum Gasteiger partial charge on any atom is -0.379 e. The number of likely N-dealkylation sites (tertiary alicyclic amines) is 1. The molecule has 8 nitrogen and oxygen atoms in total. The lowest BCUT2D eigenvalue weighted by Crippen LogP contribution is -2.35. The van der Waals surface area contributed by atoms with Crippen molar-refractivity contribution in [1.82, 2.24) is 4.90 Å². The molecule has 0 aromatic heterocycles. The van der Waals surface area contributed by atoms with E-state index in [1.54, 1.807) is 0 Å². The van der Waals surface area contributed by atoms with E-state index >= 15 is 0 Å². The summed E-state index contributed by atoms with van der Waals surface area (Å²) >= 11 is 6.23. The summed E-state index contributed by atoms with van der Waals surface area (Å²) in [5.74, 6) is 0.370. The topological polar surface area (TPSA) is 119 Å². The molecule has 0 saturated carbocycles. The Morgan fingerprint density at radius 3 is 2.52 bits per heavy atom. The van der Waals surface area contributed by atoms with Crippen LogP contribution in [-0.4, -0.2) is 37.9 Å². The summed E-state index contributed by atoms with van der Waals surface area (Å²) in [5, 5.41) is 20.2. The van der Waals surface area contributed by atoms with Gasteiger partial charge in [-0.15, -0.1) is 0 Å². The zero-order chi connectivity index (χ0) is 21.0. The number of sulfonamides is 1. The van der Waals surface area contributed by atoms with E-state index in [0.717, 1.165) is 49.1 Å². The fourth-order valence-electron chi connectivity index (χ4n) is 3.46. The Labute approximate surface area is 174 Å². The third-order valence-electron chi connectivity index (χ3n) is 5.13. The Morgan fingerprint density at radius 1 is 1.21 bits per heavy atom. The van der Waals surface area contributed by atoms with Gasteiger partial charge >= 0.3 is 0 Å². The summed E-state index contributed by atoms with van der Waals surface area (Å²) in [6.07, 6.45) is 1.92. The zero-order valence-electron chi connectivity index (χ0n) is 15.8. The highest BCUT2D eigenvalue weighted by Crippen LogP contribution is 2.28. The molecule has 0 unspecified atom stereocenters. The number of anilines is 1. The molecule has 2 aromatic carbocycles. The second kappa shape index (κ2) is 9.08. The monoisotopic (exact) mass is 438 g/mol. The second-order valence-electron chi connectivity index (χ2n) is 7.17. The van der Waals surface area contributed by atoms with E-state index in [0.29, 0.717) is 18.2 Å². The predicted octanol–water partition coefficient (Wildman–Crippen LogP) is 3.22. The van der Waals surface area contributed by atoms with Crippen LogP contribution < -0.4 is 10.5 Å². The molecule has 0 amide bonds. The predicted molar refractivity (Wildman–Crippen MR) is 112 cm³/mol. The maximum absolute atomic E-state index is 11.4. The number of nitrogens with one attached hydrogen (secondary N) is 1. The lowest BCUT2D eigenvalue weighted by atomic mass is 9.96. The average molecular weight is 439 g/mol. The van der Waals surface area contributed by atoms with Gasteiger partial charge in [0.15, 0.2) is 0 Å². The van der Waals surface area contributed by atoms with Crippen molar-refractivity contribution in [2.24, 2.45) is 11.1 Å². The van der Waals surface area contributed by atoms with Crippen LogP contribution in [0.15, 0.2) is 47.4 Å². The van der Waals surface area contributed by atoms with Crippen LogP contribution in [0.5, 0.6) is 0 Å². The maximum Gasteiger partial charge on any atom is 0.293 e. The molecule has 1 aliphatic heterocycles. The number of nitro groups is 1. The van der Waals surface area contributed by atoms with E-state index in [1.807, 2.05) is 24.3 Å². The van der Waals surface area contributed by atoms with Crippen molar-refractivity contribution in [3.63, 3.8) is 0 Å². The Kier molecular flexibility index (Phi) is 6.74.